The first kappa shape index (κ1) is 22.8. The van der Waals surface area contributed by atoms with E-state index >= 15 is 0 Å². The van der Waals surface area contributed by atoms with Gasteiger partial charge in [0, 0.05) is 30.3 Å². The first-order chi connectivity index (χ1) is 16.5. The van der Waals surface area contributed by atoms with Crippen molar-refractivity contribution in [3.05, 3.63) is 64.7 Å². The Hall–Kier alpha value is -2.94. The van der Waals surface area contributed by atoms with Gasteiger partial charge in [-0.15, -0.1) is 0 Å². The minimum absolute atomic E-state index is 0.000505. The molecule has 0 radical (unpaired) electrons. The highest BCUT2D eigenvalue weighted by atomic mass is 16.5. The predicted octanol–water partition coefficient (Wildman–Crippen LogP) is 1.50. The standard InChI is InChI=1S/C26H31N3O5/c1-33-22-9-6-18-11-23(27-12-19(18)10-22)24(30)13-28-25(31)16-2-4-17(5-3-16)26(32)29-20-7-8-21(29)15-34-14-20/h2-6,9-10,20-21,23-24,27,30H,7-8,11-15H2,1H3,(H,28,31). The van der Waals surface area contributed by atoms with E-state index < -0.39 is 6.10 Å². The van der Waals surface area contributed by atoms with Gasteiger partial charge in [0.2, 0.25) is 0 Å². The van der Waals surface area contributed by atoms with E-state index in [4.69, 9.17) is 9.47 Å². The summed E-state index contributed by atoms with van der Waals surface area (Å²) in [5.41, 5.74) is 3.37. The van der Waals surface area contributed by atoms with Crippen LogP contribution in [0.2, 0.25) is 0 Å². The summed E-state index contributed by atoms with van der Waals surface area (Å²) in [7, 11) is 1.65. The molecule has 2 saturated heterocycles. The lowest BCUT2D eigenvalue weighted by molar-refractivity contribution is -0.00716. The number of benzene rings is 2. The third-order valence-corrected chi connectivity index (χ3v) is 7.21. The van der Waals surface area contributed by atoms with E-state index in [1.807, 2.05) is 23.1 Å². The van der Waals surface area contributed by atoms with Gasteiger partial charge in [0.25, 0.3) is 11.8 Å². The number of hydrogen-bond donors (Lipinski definition) is 3. The van der Waals surface area contributed by atoms with Crippen LogP contribution in [0.3, 0.4) is 0 Å². The Bertz CT molecular complexity index is 1040. The largest absolute Gasteiger partial charge is 0.497 e. The molecule has 8 heteroatoms. The van der Waals surface area contributed by atoms with Gasteiger partial charge in [0.1, 0.15) is 5.75 Å². The number of rotatable bonds is 6. The number of hydrogen-bond acceptors (Lipinski definition) is 6. The van der Waals surface area contributed by atoms with Gasteiger partial charge in [-0.1, -0.05) is 6.07 Å². The second-order valence-electron chi connectivity index (χ2n) is 9.32. The van der Waals surface area contributed by atoms with Crippen LogP contribution in [0.25, 0.3) is 0 Å². The highest BCUT2D eigenvalue weighted by Crippen LogP contribution is 2.30. The molecule has 3 N–H and O–H groups in total. The maximum atomic E-state index is 13.0. The molecule has 5 rings (SSSR count). The van der Waals surface area contributed by atoms with Gasteiger partial charge >= 0.3 is 0 Å². The highest BCUT2D eigenvalue weighted by Gasteiger charge is 2.40. The molecule has 3 aliphatic rings. The van der Waals surface area contributed by atoms with E-state index in [2.05, 4.69) is 10.6 Å². The number of morpholine rings is 1. The van der Waals surface area contributed by atoms with Crippen LogP contribution in [0.1, 0.15) is 44.7 Å². The van der Waals surface area contributed by atoms with Gasteiger partial charge in [-0.05, 0) is 66.8 Å². The fourth-order valence-electron chi connectivity index (χ4n) is 5.23. The maximum absolute atomic E-state index is 13.0. The van der Waals surface area contributed by atoms with E-state index in [0.717, 1.165) is 24.2 Å². The quantitative estimate of drug-likeness (QED) is 0.598. The summed E-state index contributed by atoms with van der Waals surface area (Å²) in [5.74, 6) is 0.543. The van der Waals surface area contributed by atoms with Crippen LogP contribution in [0.15, 0.2) is 42.5 Å². The second-order valence-corrected chi connectivity index (χ2v) is 9.32. The number of fused-ring (bicyclic) bond motifs is 3. The smallest absolute Gasteiger partial charge is 0.254 e. The molecule has 8 nitrogen and oxygen atoms in total. The summed E-state index contributed by atoms with van der Waals surface area (Å²) in [4.78, 5) is 27.6. The van der Waals surface area contributed by atoms with Crippen molar-refractivity contribution in [3.8, 4) is 5.75 Å². The lowest BCUT2D eigenvalue weighted by Gasteiger charge is -2.34. The average Bonchev–Trinajstić information content (AvgIpc) is 3.13. The molecule has 0 aromatic heterocycles. The van der Waals surface area contributed by atoms with Gasteiger partial charge in [-0.3, -0.25) is 9.59 Å². The fraction of sp³-hybridized carbons (Fsp3) is 0.462. The first-order valence-corrected chi connectivity index (χ1v) is 11.9. The molecule has 0 aliphatic carbocycles. The lowest BCUT2D eigenvalue weighted by Crippen LogP contribution is -2.49. The van der Waals surface area contributed by atoms with E-state index in [0.29, 0.717) is 37.3 Å². The zero-order chi connectivity index (χ0) is 23.7. The maximum Gasteiger partial charge on any atom is 0.254 e. The third-order valence-electron chi connectivity index (χ3n) is 7.21. The SMILES string of the molecule is COc1ccc2c(c1)CNC(C(O)CNC(=O)c1ccc(C(=O)N3C4CCC3COC4)cc1)C2. The third kappa shape index (κ3) is 4.53. The van der Waals surface area contributed by atoms with Gasteiger partial charge in [0.15, 0.2) is 0 Å². The van der Waals surface area contributed by atoms with Crippen molar-refractivity contribution in [2.24, 2.45) is 0 Å². The topological polar surface area (TPSA) is 100 Å². The Morgan fingerprint density at radius 3 is 2.53 bits per heavy atom. The summed E-state index contributed by atoms with van der Waals surface area (Å²) in [6.07, 6.45) is 1.91. The van der Waals surface area contributed by atoms with E-state index in [9.17, 15) is 14.7 Å². The number of ether oxygens (including phenoxy) is 2. The van der Waals surface area contributed by atoms with E-state index in [1.165, 1.54) is 5.56 Å². The molecule has 4 atom stereocenters. The minimum atomic E-state index is -0.725. The number of aliphatic hydroxyl groups excluding tert-OH is 1. The molecule has 2 aromatic rings. The van der Waals surface area contributed by atoms with Crippen molar-refractivity contribution in [2.45, 2.75) is 50.0 Å². The molecule has 4 unspecified atom stereocenters. The lowest BCUT2D eigenvalue weighted by atomic mass is 9.92. The molecular formula is C26H31N3O5. The van der Waals surface area contributed by atoms with E-state index in [1.54, 1.807) is 31.4 Å². The fourth-order valence-corrected chi connectivity index (χ4v) is 5.23. The van der Waals surface area contributed by atoms with Crippen LogP contribution in [0.4, 0.5) is 0 Å². The Labute approximate surface area is 199 Å². The molecule has 3 heterocycles. The summed E-state index contributed by atoms with van der Waals surface area (Å²) in [6, 6.07) is 12.9. The molecule has 180 valence electrons. The Kier molecular flexibility index (Phi) is 6.54. The van der Waals surface area contributed by atoms with Crippen molar-refractivity contribution in [2.75, 3.05) is 26.9 Å². The number of nitrogens with zero attached hydrogens (tertiary/aromatic N) is 1. The summed E-state index contributed by atoms with van der Waals surface area (Å²) in [5, 5.41) is 16.8. The zero-order valence-corrected chi connectivity index (χ0v) is 19.3. The van der Waals surface area contributed by atoms with Crippen molar-refractivity contribution in [3.63, 3.8) is 0 Å². The van der Waals surface area contributed by atoms with E-state index in [-0.39, 0.29) is 36.5 Å². The normalized spacial score (nSPS) is 24.3. The molecule has 2 aromatic carbocycles. The van der Waals surface area contributed by atoms with Crippen LogP contribution >= 0.6 is 0 Å². The van der Waals surface area contributed by atoms with Crippen molar-refractivity contribution >= 4 is 11.8 Å². The molecule has 2 bridgehead atoms. The second kappa shape index (κ2) is 9.74. The summed E-state index contributed by atoms with van der Waals surface area (Å²) >= 11 is 0. The number of carbonyl (C=O) groups excluding carboxylic acids is 2. The number of nitrogens with one attached hydrogen (secondary N) is 2. The monoisotopic (exact) mass is 465 g/mol. The van der Waals surface area contributed by atoms with Crippen molar-refractivity contribution < 1.29 is 24.2 Å². The predicted molar refractivity (Wildman–Crippen MR) is 126 cm³/mol. The van der Waals surface area contributed by atoms with Crippen LogP contribution < -0.4 is 15.4 Å². The summed E-state index contributed by atoms with van der Waals surface area (Å²) < 4.78 is 10.8. The van der Waals surface area contributed by atoms with Gasteiger partial charge < -0.3 is 30.1 Å². The Balaban J connectivity index is 1.14. The molecule has 2 amide bonds. The molecule has 2 fully saturated rings. The average molecular weight is 466 g/mol. The molecular weight excluding hydrogens is 434 g/mol. The Morgan fingerprint density at radius 1 is 1.12 bits per heavy atom. The molecule has 3 aliphatic heterocycles. The van der Waals surface area contributed by atoms with Gasteiger partial charge in [-0.25, -0.2) is 0 Å². The molecule has 0 saturated carbocycles. The van der Waals surface area contributed by atoms with Crippen LogP contribution in [0, 0.1) is 0 Å². The number of methoxy groups -OCH3 is 1. The van der Waals surface area contributed by atoms with Crippen LogP contribution in [0.5, 0.6) is 5.75 Å². The van der Waals surface area contributed by atoms with Crippen molar-refractivity contribution in [1.29, 1.82) is 0 Å². The molecule has 0 spiro atoms. The minimum Gasteiger partial charge on any atom is -0.497 e. The number of aliphatic hydroxyl groups is 1. The number of carbonyl (C=O) groups is 2. The molecule has 34 heavy (non-hydrogen) atoms. The van der Waals surface area contributed by atoms with Gasteiger partial charge in [0.05, 0.1) is 38.5 Å². The zero-order valence-electron chi connectivity index (χ0n) is 19.3. The highest BCUT2D eigenvalue weighted by molar-refractivity contribution is 5.98. The first-order valence-electron chi connectivity index (χ1n) is 11.9. The van der Waals surface area contributed by atoms with Crippen molar-refractivity contribution in [1.82, 2.24) is 15.5 Å². The Morgan fingerprint density at radius 2 is 1.82 bits per heavy atom. The number of amides is 2. The summed E-state index contributed by atoms with van der Waals surface area (Å²) in [6.45, 7) is 1.98. The van der Waals surface area contributed by atoms with Crippen LogP contribution in [-0.2, 0) is 17.7 Å². The van der Waals surface area contributed by atoms with Gasteiger partial charge in [-0.2, -0.15) is 0 Å². The van der Waals surface area contributed by atoms with Crippen LogP contribution in [-0.4, -0.2) is 72.9 Å².